The summed E-state index contributed by atoms with van der Waals surface area (Å²) < 4.78 is 0. The molecule has 3 aromatic rings. The Labute approximate surface area is 182 Å². The van der Waals surface area contributed by atoms with E-state index in [-0.39, 0.29) is 5.91 Å². The average molecular weight is 414 g/mol. The Balaban J connectivity index is 1.60. The average Bonchev–Trinajstić information content (AvgIpc) is 3.09. The number of nitrogens with one attached hydrogen (secondary N) is 1. The van der Waals surface area contributed by atoms with Crippen molar-refractivity contribution in [3.8, 4) is 6.07 Å². The van der Waals surface area contributed by atoms with Gasteiger partial charge in [-0.2, -0.15) is 5.26 Å². The van der Waals surface area contributed by atoms with Gasteiger partial charge in [0.25, 0.3) is 0 Å². The predicted molar refractivity (Wildman–Crippen MR) is 122 cm³/mol. The highest BCUT2D eigenvalue weighted by atomic mass is 16.1. The third kappa shape index (κ3) is 5.00. The van der Waals surface area contributed by atoms with Gasteiger partial charge in [-0.25, -0.2) is 9.97 Å². The van der Waals surface area contributed by atoms with E-state index in [9.17, 15) is 10.1 Å². The zero-order valence-electron chi connectivity index (χ0n) is 17.6. The molecule has 0 aliphatic carbocycles. The number of hydrogen-bond donors (Lipinski definition) is 1. The molecule has 1 aromatic heterocycles. The maximum absolute atomic E-state index is 13.0. The zero-order chi connectivity index (χ0) is 21.5. The van der Waals surface area contributed by atoms with E-state index in [4.69, 9.17) is 9.97 Å². The Bertz CT molecular complexity index is 1070. The molecule has 1 aliphatic rings. The summed E-state index contributed by atoms with van der Waals surface area (Å²) in [6, 6.07) is 19.8. The lowest BCUT2D eigenvalue weighted by Crippen LogP contribution is -2.33. The minimum atomic E-state index is -0.994. The highest BCUT2D eigenvalue weighted by Crippen LogP contribution is 2.29. The number of nitrogens with zero attached hydrogens (tertiary/aromatic N) is 4. The highest BCUT2D eigenvalue weighted by molar-refractivity contribution is 5.88. The lowest BCUT2D eigenvalue weighted by Gasteiger charge is -2.25. The summed E-state index contributed by atoms with van der Waals surface area (Å²) >= 11 is 0. The van der Waals surface area contributed by atoms with Gasteiger partial charge in [-0.05, 0) is 37.0 Å². The SMILES string of the molecule is N#C[C@@H](C(=O)NCCc1ccccc1)c1nc2ccccc2nc1N1CCCCCC1. The van der Waals surface area contributed by atoms with Crippen molar-refractivity contribution in [2.75, 3.05) is 24.5 Å². The fourth-order valence-corrected chi connectivity index (χ4v) is 4.03. The molecule has 0 radical (unpaired) electrons. The molecule has 6 heteroatoms. The van der Waals surface area contributed by atoms with Gasteiger partial charge in [0.05, 0.1) is 17.1 Å². The van der Waals surface area contributed by atoms with E-state index in [2.05, 4.69) is 16.3 Å². The topological polar surface area (TPSA) is 81.9 Å². The number of anilines is 1. The maximum Gasteiger partial charge on any atom is 0.243 e. The molecular formula is C25H27N5O. The fraction of sp³-hybridized carbons (Fsp3) is 0.360. The summed E-state index contributed by atoms with van der Waals surface area (Å²) in [5, 5.41) is 12.8. The standard InChI is InChI=1S/C25H27N5O/c26-18-20(25(31)27-15-14-19-10-4-3-5-11-19)23-24(30-16-8-1-2-9-17-30)29-22-13-7-6-12-21(22)28-23/h3-7,10-13,20H,1-2,8-9,14-17H2,(H,27,31)/t20-/m1/s1. The second kappa shape index (κ2) is 10.0. The van der Waals surface area contributed by atoms with E-state index in [0.29, 0.717) is 30.0 Å². The summed E-state index contributed by atoms with van der Waals surface area (Å²) in [6.45, 7) is 2.21. The third-order valence-electron chi connectivity index (χ3n) is 5.70. The normalized spacial score (nSPS) is 15.1. The van der Waals surface area contributed by atoms with Crippen molar-refractivity contribution in [1.29, 1.82) is 5.26 Å². The first-order valence-corrected chi connectivity index (χ1v) is 11.0. The Morgan fingerprint density at radius 3 is 2.29 bits per heavy atom. The molecule has 1 amide bonds. The number of rotatable bonds is 6. The summed E-state index contributed by atoms with van der Waals surface area (Å²) in [5.74, 6) is -0.643. The number of nitriles is 1. The van der Waals surface area contributed by atoms with Crippen molar-refractivity contribution in [3.63, 3.8) is 0 Å². The van der Waals surface area contributed by atoms with Gasteiger partial charge in [-0.1, -0.05) is 55.3 Å². The van der Waals surface area contributed by atoms with Crippen LogP contribution in [0, 0.1) is 11.3 Å². The second-order valence-corrected chi connectivity index (χ2v) is 7.91. The van der Waals surface area contributed by atoms with Gasteiger partial charge in [0.15, 0.2) is 11.7 Å². The molecule has 1 atom stereocenters. The molecule has 1 N–H and O–H groups in total. The zero-order valence-corrected chi connectivity index (χ0v) is 17.6. The van der Waals surface area contributed by atoms with Crippen LogP contribution in [0.25, 0.3) is 11.0 Å². The number of fused-ring (bicyclic) bond motifs is 1. The highest BCUT2D eigenvalue weighted by Gasteiger charge is 2.28. The smallest absolute Gasteiger partial charge is 0.243 e. The molecule has 6 nitrogen and oxygen atoms in total. The number of amides is 1. The van der Waals surface area contributed by atoms with Gasteiger partial charge in [0.2, 0.25) is 5.91 Å². The summed E-state index contributed by atoms with van der Waals surface area (Å²) in [5.41, 5.74) is 3.09. The molecule has 0 bridgehead atoms. The Hall–Kier alpha value is -3.46. The first kappa shape index (κ1) is 20.8. The van der Waals surface area contributed by atoms with Crippen LogP contribution in [-0.4, -0.2) is 35.5 Å². The Morgan fingerprint density at radius 2 is 1.61 bits per heavy atom. The van der Waals surface area contributed by atoms with Crippen LogP contribution < -0.4 is 10.2 Å². The van der Waals surface area contributed by atoms with E-state index in [1.807, 2.05) is 54.6 Å². The molecular weight excluding hydrogens is 386 g/mol. The van der Waals surface area contributed by atoms with Crippen molar-refractivity contribution >= 4 is 22.8 Å². The number of carbonyl (C=O) groups excluding carboxylic acids is 1. The predicted octanol–water partition coefficient (Wildman–Crippen LogP) is 3.98. The van der Waals surface area contributed by atoms with Gasteiger partial charge in [-0.3, -0.25) is 4.79 Å². The van der Waals surface area contributed by atoms with E-state index < -0.39 is 5.92 Å². The van der Waals surface area contributed by atoms with Crippen molar-refractivity contribution in [2.24, 2.45) is 0 Å². The summed E-state index contributed by atoms with van der Waals surface area (Å²) in [7, 11) is 0. The van der Waals surface area contributed by atoms with Gasteiger partial charge < -0.3 is 10.2 Å². The van der Waals surface area contributed by atoms with Crippen molar-refractivity contribution < 1.29 is 4.79 Å². The maximum atomic E-state index is 13.0. The number of hydrogen-bond acceptors (Lipinski definition) is 5. The van der Waals surface area contributed by atoms with E-state index >= 15 is 0 Å². The molecule has 31 heavy (non-hydrogen) atoms. The Morgan fingerprint density at radius 1 is 0.968 bits per heavy atom. The molecule has 2 heterocycles. The van der Waals surface area contributed by atoms with Crippen LogP contribution in [0.2, 0.25) is 0 Å². The number of para-hydroxylation sites is 2. The van der Waals surface area contributed by atoms with Crippen LogP contribution >= 0.6 is 0 Å². The van der Waals surface area contributed by atoms with Crippen LogP contribution in [0.1, 0.15) is 42.9 Å². The Kier molecular flexibility index (Phi) is 6.73. The molecule has 1 saturated heterocycles. The molecule has 1 aliphatic heterocycles. The van der Waals surface area contributed by atoms with E-state index in [1.54, 1.807) is 0 Å². The molecule has 1 fully saturated rings. The van der Waals surface area contributed by atoms with Gasteiger partial charge in [-0.15, -0.1) is 0 Å². The molecule has 2 aromatic carbocycles. The summed E-state index contributed by atoms with van der Waals surface area (Å²) in [6.07, 6.45) is 5.25. The number of aromatic nitrogens is 2. The first-order valence-electron chi connectivity index (χ1n) is 11.0. The largest absolute Gasteiger partial charge is 0.355 e. The minimum Gasteiger partial charge on any atom is -0.355 e. The van der Waals surface area contributed by atoms with E-state index in [1.165, 1.54) is 12.8 Å². The number of carbonyl (C=O) groups is 1. The lowest BCUT2D eigenvalue weighted by molar-refractivity contribution is -0.121. The van der Waals surface area contributed by atoms with Gasteiger partial charge in [0, 0.05) is 19.6 Å². The third-order valence-corrected chi connectivity index (χ3v) is 5.70. The minimum absolute atomic E-state index is 0.320. The van der Waals surface area contributed by atoms with Crippen LogP contribution in [-0.2, 0) is 11.2 Å². The molecule has 158 valence electrons. The summed E-state index contributed by atoms with van der Waals surface area (Å²) in [4.78, 5) is 24.8. The molecule has 0 saturated carbocycles. The fourth-order valence-electron chi connectivity index (χ4n) is 4.03. The first-order chi connectivity index (χ1) is 15.3. The number of benzene rings is 2. The lowest BCUT2D eigenvalue weighted by atomic mass is 10.0. The van der Waals surface area contributed by atoms with Crippen LogP contribution in [0.4, 0.5) is 5.82 Å². The quantitative estimate of drug-likeness (QED) is 0.661. The van der Waals surface area contributed by atoms with Gasteiger partial charge in [0.1, 0.15) is 5.69 Å². The molecule has 0 spiro atoms. The van der Waals surface area contributed by atoms with E-state index in [0.717, 1.165) is 37.0 Å². The monoisotopic (exact) mass is 413 g/mol. The van der Waals surface area contributed by atoms with Crippen molar-refractivity contribution in [3.05, 3.63) is 65.9 Å². The van der Waals surface area contributed by atoms with Crippen LogP contribution in [0.3, 0.4) is 0 Å². The molecule has 4 rings (SSSR count). The van der Waals surface area contributed by atoms with Crippen LogP contribution in [0.15, 0.2) is 54.6 Å². The van der Waals surface area contributed by atoms with Crippen molar-refractivity contribution in [1.82, 2.24) is 15.3 Å². The van der Waals surface area contributed by atoms with Crippen LogP contribution in [0.5, 0.6) is 0 Å². The van der Waals surface area contributed by atoms with Gasteiger partial charge >= 0.3 is 0 Å². The van der Waals surface area contributed by atoms with Crippen molar-refractivity contribution in [2.45, 2.75) is 38.0 Å². The molecule has 0 unspecified atom stereocenters. The second-order valence-electron chi connectivity index (χ2n) is 7.91.